The van der Waals surface area contributed by atoms with Crippen LogP contribution in [0.2, 0.25) is 0 Å². The van der Waals surface area contributed by atoms with Crippen molar-refractivity contribution in [3.8, 4) is 0 Å². The average molecular weight is 359 g/mol. The SMILES string of the molecule is CN(Cc1ccc(Br)o1)S(=O)(=O)Cc1cccc(N)c1. The minimum absolute atomic E-state index is 0.0869. The molecule has 2 rings (SSSR count). The molecule has 2 N–H and O–H groups in total. The van der Waals surface area contributed by atoms with Crippen molar-refractivity contribution in [3.05, 3.63) is 52.4 Å². The summed E-state index contributed by atoms with van der Waals surface area (Å²) in [5.41, 5.74) is 6.87. The third-order valence-electron chi connectivity index (χ3n) is 2.78. The molecule has 0 atom stereocenters. The van der Waals surface area contributed by atoms with Crippen molar-refractivity contribution in [2.45, 2.75) is 12.3 Å². The monoisotopic (exact) mass is 358 g/mol. The lowest BCUT2D eigenvalue weighted by atomic mass is 10.2. The lowest BCUT2D eigenvalue weighted by molar-refractivity contribution is 0.398. The van der Waals surface area contributed by atoms with Crippen molar-refractivity contribution in [1.82, 2.24) is 4.31 Å². The third kappa shape index (κ3) is 3.84. The number of nitrogen functional groups attached to an aromatic ring is 1. The number of hydrogen-bond acceptors (Lipinski definition) is 4. The first-order valence-electron chi connectivity index (χ1n) is 5.89. The summed E-state index contributed by atoms with van der Waals surface area (Å²) >= 11 is 3.19. The molecule has 5 nitrogen and oxygen atoms in total. The molecule has 0 unspecified atom stereocenters. The Hall–Kier alpha value is -1.31. The summed E-state index contributed by atoms with van der Waals surface area (Å²) in [7, 11) is -1.89. The minimum Gasteiger partial charge on any atom is -0.453 e. The van der Waals surface area contributed by atoms with Crippen LogP contribution in [0.25, 0.3) is 0 Å². The van der Waals surface area contributed by atoms with Crippen molar-refractivity contribution in [2.24, 2.45) is 0 Å². The molecule has 108 valence electrons. The molecule has 0 saturated carbocycles. The molecular weight excluding hydrogens is 344 g/mol. The molecule has 0 aliphatic rings. The van der Waals surface area contributed by atoms with Gasteiger partial charge in [0.05, 0.1) is 12.3 Å². The lowest BCUT2D eigenvalue weighted by Gasteiger charge is -2.16. The van der Waals surface area contributed by atoms with Crippen molar-refractivity contribution in [2.75, 3.05) is 12.8 Å². The topological polar surface area (TPSA) is 76.5 Å². The van der Waals surface area contributed by atoms with E-state index in [1.807, 2.05) is 0 Å². The van der Waals surface area contributed by atoms with E-state index in [9.17, 15) is 8.42 Å². The van der Waals surface area contributed by atoms with Gasteiger partial charge < -0.3 is 10.2 Å². The summed E-state index contributed by atoms with van der Waals surface area (Å²) in [6.45, 7) is 0.191. The summed E-state index contributed by atoms with van der Waals surface area (Å²) in [6.07, 6.45) is 0. The molecule has 0 saturated heterocycles. The van der Waals surface area contributed by atoms with Crippen molar-refractivity contribution >= 4 is 31.6 Å². The summed E-state index contributed by atoms with van der Waals surface area (Å²) in [5, 5.41) is 0. The third-order valence-corrected chi connectivity index (χ3v) is 4.99. The van der Waals surface area contributed by atoms with E-state index in [0.717, 1.165) is 0 Å². The Morgan fingerprint density at radius 1 is 1.30 bits per heavy atom. The summed E-state index contributed by atoms with van der Waals surface area (Å²) in [4.78, 5) is 0. The molecule has 0 amide bonds. The molecule has 1 aromatic carbocycles. The molecule has 7 heteroatoms. The number of nitrogens with zero attached hydrogens (tertiary/aromatic N) is 1. The maximum absolute atomic E-state index is 12.3. The smallest absolute Gasteiger partial charge is 0.218 e. The minimum atomic E-state index is -3.42. The van der Waals surface area contributed by atoms with Gasteiger partial charge in [-0.1, -0.05) is 12.1 Å². The van der Waals surface area contributed by atoms with E-state index in [-0.39, 0.29) is 12.3 Å². The van der Waals surface area contributed by atoms with Crippen molar-refractivity contribution < 1.29 is 12.8 Å². The lowest BCUT2D eigenvalue weighted by Crippen LogP contribution is -2.27. The molecule has 0 spiro atoms. The fourth-order valence-corrected chi connectivity index (χ4v) is 3.24. The number of anilines is 1. The van der Waals surface area contributed by atoms with E-state index in [4.69, 9.17) is 10.2 Å². The second-order valence-corrected chi connectivity index (χ2v) is 7.32. The Morgan fingerprint density at radius 3 is 2.65 bits per heavy atom. The van der Waals surface area contributed by atoms with E-state index in [1.165, 1.54) is 11.4 Å². The standard InChI is InChI=1S/C13H15BrN2O3S/c1-16(8-12-5-6-13(14)19-12)20(17,18)9-10-3-2-4-11(15)7-10/h2-7H,8-9,15H2,1H3. The molecule has 0 radical (unpaired) electrons. The maximum Gasteiger partial charge on any atom is 0.218 e. The molecule has 2 aromatic rings. The molecule has 0 fully saturated rings. The molecule has 0 bridgehead atoms. The highest BCUT2D eigenvalue weighted by Gasteiger charge is 2.20. The first kappa shape index (κ1) is 15.1. The van der Waals surface area contributed by atoms with Gasteiger partial charge in [-0.15, -0.1) is 0 Å². The van der Waals surface area contributed by atoms with Crippen LogP contribution in [0, 0.1) is 0 Å². The average Bonchev–Trinajstić information content (AvgIpc) is 2.74. The van der Waals surface area contributed by atoms with Gasteiger partial charge in [0.1, 0.15) is 5.76 Å². The van der Waals surface area contributed by atoms with Crippen molar-refractivity contribution in [1.29, 1.82) is 0 Å². The normalized spacial score (nSPS) is 11.9. The Bertz CT molecular complexity index is 697. The van der Waals surface area contributed by atoms with Crippen LogP contribution in [-0.2, 0) is 22.3 Å². The van der Waals surface area contributed by atoms with Crippen LogP contribution in [0.3, 0.4) is 0 Å². The van der Waals surface area contributed by atoms with E-state index in [0.29, 0.717) is 21.7 Å². The molecular formula is C13H15BrN2O3S. The van der Waals surface area contributed by atoms with Gasteiger partial charge in [0.15, 0.2) is 4.67 Å². The fraction of sp³-hybridized carbons (Fsp3) is 0.231. The highest BCUT2D eigenvalue weighted by atomic mass is 79.9. The van der Waals surface area contributed by atoms with E-state index in [1.54, 1.807) is 36.4 Å². The number of rotatable bonds is 5. The first-order chi connectivity index (χ1) is 9.37. The number of benzene rings is 1. The zero-order valence-electron chi connectivity index (χ0n) is 10.9. The van der Waals surface area contributed by atoms with Gasteiger partial charge in [-0.3, -0.25) is 0 Å². The van der Waals surface area contributed by atoms with E-state index < -0.39 is 10.0 Å². The summed E-state index contributed by atoms with van der Waals surface area (Å²) in [5.74, 6) is 0.492. The first-order valence-corrected chi connectivity index (χ1v) is 8.30. The van der Waals surface area contributed by atoms with Gasteiger partial charge in [0.2, 0.25) is 10.0 Å². The van der Waals surface area contributed by atoms with Gasteiger partial charge in [0.25, 0.3) is 0 Å². The number of halogens is 1. The quantitative estimate of drug-likeness (QED) is 0.833. The highest BCUT2D eigenvalue weighted by Crippen LogP contribution is 2.18. The molecule has 20 heavy (non-hydrogen) atoms. The maximum atomic E-state index is 12.3. The Balaban J connectivity index is 2.09. The van der Waals surface area contributed by atoms with Crippen LogP contribution in [0.5, 0.6) is 0 Å². The summed E-state index contributed by atoms with van der Waals surface area (Å²) < 4.78 is 31.7. The zero-order valence-corrected chi connectivity index (χ0v) is 13.3. The molecule has 0 aliphatic heterocycles. The van der Waals surface area contributed by atoms with Crippen molar-refractivity contribution in [3.63, 3.8) is 0 Å². The second kappa shape index (κ2) is 5.99. The Kier molecular flexibility index (Phi) is 4.52. The number of hydrogen-bond donors (Lipinski definition) is 1. The Labute approximate surface area is 126 Å². The van der Waals surface area contributed by atoms with Crippen LogP contribution in [0.4, 0.5) is 5.69 Å². The Morgan fingerprint density at radius 2 is 2.05 bits per heavy atom. The highest BCUT2D eigenvalue weighted by molar-refractivity contribution is 9.10. The zero-order chi connectivity index (χ0) is 14.8. The summed E-state index contributed by atoms with van der Waals surface area (Å²) in [6, 6.07) is 10.3. The van der Waals surface area contributed by atoms with Gasteiger partial charge in [-0.05, 0) is 45.8 Å². The predicted molar refractivity (Wildman–Crippen MR) is 81.4 cm³/mol. The van der Waals surface area contributed by atoms with Gasteiger partial charge in [0, 0.05) is 12.7 Å². The van der Waals surface area contributed by atoms with Gasteiger partial charge in [-0.25, -0.2) is 8.42 Å². The molecule has 0 aliphatic carbocycles. The van der Waals surface area contributed by atoms with Crippen LogP contribution >= 0.6 is 15.9 Å². The van der Waals surface area contributed by atoms with Crippen LogP contribution in [0.1, 0.15) is 11.3 Å². The van der Waals surface area contributed by atoms with Crippen LogP contribution < -0.4 is 5.73 Å². The van der Waals surface area contributed by atoms with E-state index >= 15 is 0 Å². The fourth-order valence-electron chi connectivity index (χ4n) is 1.76. The van der Waals surface area contributed by atoms with Crippen LogP contribution in [0.15, 0.2) is 45.5 Å². The largest absolute Gasteiger partial charge is 0.453 e. The number of nitrogens with two attached hydrogens (primary N) is 1. The number of sulfonamides is 1. The molecule has 1 heterocycles. The van der Waals surface area contributed by atoms with Gasteiger partial charge in [-0.2, -0.15) is 4.31 Å². The van der Waals surface area contributed by atoms with E-state index in [2.05, 4.69) is 15.9 Å². The predicted octanol–water partition coefficient (Wildman–Crippen LogP) is 2.59. The molecule has 1 aromatic heterocycles. The second-order valence-electron chi connectivity index (χ2n) is 4.46. The van der Waals surface area contributed by atoms with Crippen LogP contribution in [-0.4, -0.2) is 19.8 Å². The number of furan rings is 1. The van der Waals surface area contributed by atoms with Gasteiger partial charge >= 0.3 is 0 Å².